The number of rotatable bonds is 6. The van der Waals surface area contributed by atoms with Gasteiger partial charge in [0.1, 0.15) is 12.4 Å². The first kappa shape index (κ1) is 26.9. The SMILES string of the molecule is Cc1cc2c(cnn2C2CCCCO2)c(N2CCc3c(nc(OC[C@@H]4CCCN4C)nc3N3CCNCC3)C2)c1C. The molecule has 0 aliphatic carbocycles. The Hall–Kier alpha value is -2.95. The number of benzene rings is 1. The van der Waals surface area contributed by atoms with Gasteiger partial charge in [-0.3, -0.25) is 0 Å². The summed E-state index contributed by atoms with van der Waals surface area (Å²) in [6.07, 6.45) is 8.70. The lowest BCUT2D eigenvalue weighted by molar-refractivity contribution is -0.0366. The number of hydrogen-bond donors (Lipinski definition) is 1. The summed E-state index contributed by atoms with van der Waals surface area (Å²) in [5.74, 6) is 1.07. The largest absolute Gasteiger partial charge is 0.462 e. The molecule has 10 nitrogen and oxygen atoms in total. The lowest BCUT2D eigenvalue weighted by Crippen LogP contribution is -2.45. The molecule has 6 heterocycles. The molecule has 7 rings (SSSR count). The Morgan fingerprint density at radius 3 is 2.68 bits per heavy atom. The standard InChI is InChI=1S/C31H44N8O2/c1-21-17-27-25(18-33-39(27)28-8-4-5-16-40-28)29(22(21)2)38-13-9-24-26(19-38)34-31(41-20-23-7-6-12-36(23)3)35-30(24)37-14-10-32-11-15-37/h17-18,23,28,32H,4-16,19-20H2,1-3H3/t23-,28?/m0/s1. The van der Waals surface area contributed by atoms with E-state index < -0.39 is 0 Å². The van der Waals surface area contributed by atoms with Gasteiger partial charge in [-0.1, -0.05) is 0 Å². The summed E-state index contributed by atoms with van der Waals surface area (Å²) >= 11 is 0. The normalized spacial score (nSPS) is 23.8. The molecule has 3 saturated heterocycles. The third-order valence-electron chi connectivity index (χ3n) is 9.65. The molecule has 3 fully saturated rings. The maximum Gasteiger partial charge on any atom is 0.318 e. The van der Waals surface area contributed by atoms with Crippen LogP contribution in [-0.2, 0) is 17.7 Å². The highest BCUT2D eigenvalue weighted by Crippen LogP contribution is 2.39. The molecule has 4 aliphatic rings. The van der Waals surface area contributed by atoms with Crippen molar-refractivity contribution in [3.63, 3.8) is 0 Å². The van der Waals surface area contributed by atoms with E-state index in [9.17, 15) is 0 Å². The van der Waals surface area contributed by atoms with Crippen LogP contribution in [0.15, 0.2) is 12.3 Å². The second kappa shape index (κ2) is 11.4. The highest BCUT2D eigenvalue weighted by atomic mass is 16.5. The molecule has 0 spiro atoms. The Balaban J connectivity index is 1.23. The van der Waals surface area contributed by atoms with Crippen LogP contribution in [0.4, 0.5) is 11.5 Å². The first-order valence-electron chi connectivity index (χ1n) is 15.6. The van der Waals surface area contributed by atoms with E-state index in [2.05, 4.69) is 51.7 Å². The summed E-state index contributed by atoms with van der Waals surface area (Å²) in [4.78, 5) is 17.4. The third kappa shape index (κ3) is 5.15. The van der Waals surface area contributed by atoms with Crippen molar-refractivity contribution >= 4 is 22.4 Å². The van der Waals surface area contributed by atoms with Crippen LogP contribution in [0.5, 0.6) is 6.01 Å². The van der Waals surface area contributed by atoms with Crippen LogP contribution in [0.1, 0.15) is 60.7 Å². The number of likely N-dealkylation sites (N-methyl/N-ethyl adjacent to an activating group) is 1. The van der Waals surface area contributed by atoms with Gasteiger partial charge in [0.25, 0.3) is 0 Å². The smallest absolute Gasteiger partial charge is 0.318 e. The zero-order valence-electron chi connectivity index (χ0n) is 24.9. The van der Waals surface area contributed by atoms with E-state index in [-0.39, 0.29) is 6.23 Å². The van der Waals surface area contributed by atoms with Crippen LogP contribution in [-0.4, -0.2) is 90.2 Å². The van der Waals surface area contributed by atoms with Gasteiger partial charge in [-0.25, -0.2) is 4.68 Å². The molecular weight excluding hydrogens is 516 g/mol. The Labute approximate surface area is 243 Å². The van der Waals surface area contributed by atoms with Gasteiger partial charge in [-0.05, 0) is 83.2 Å². The first-order chi connectivity index (χ1) is 20.1. The number of aryl methyl sites for hydroxylation is 1. The van der Waals surface area contributed by atoms with Crippen LogP contribution in [0.2, 0.25) is 0 Å². The van der Waals surface area contributed by atoms with Crippen molar-refractivity contribution in [3.8, 4) is 6.01 Å². The second-order valence-corrected chi connectivity index (χ2v) is 12.3. The highest BCUT2D eigenvalue weighted by Gasteiger charge is 2.30. The molecule has 1 unspecified atom stereocenters. The number of hydrogen-bond acceptors (Lipinski definition) is 9. The topological polar surface area (TPSA) is 83.8 Å². The number of ether oxygens (including phenoxy) is 2. The van der Waals surface area contributed by atoms with Crippen LogP contribution >= 0.6 is 0 Å². The number of nitrogens with one attached hydrogen (secondary N) is 1. The van der Waals surface area contributed by atoms with Gasteiger partial charge in [0, 0.05) is 56.3 Å². The van der Waals surface area contributed by atoms with Gasteiger partial charge in [0.2, 0.25) is 0 Å². The Bertz CT molecular complexity index is 1390. The second-order valence-electron chi connectivity index (χ2n) is 12.3. The van der Waals surface area contributed by atoms with Gasteiger partial charge in [-0.2, -0.15) is 15.1 Å². The van der Waals surface area contributed by atoms with Crippen molar-refractivity contribution in [1.82, 2.24) is 30.0 Å². The maximum atomic E-state index is 6.33. The summed E-state index contributed by atoms with van der Waals surface area (Å²) in [5.41, 5.74) is 7.39. The number of likely N-dealkylation sites (tertiary alicyclic amines) is 1. The van der Waals surface area contributed by atoms with Crippen LogP contribution < -0.4 is 19.9 Å². The Morgan fingerprint density at radius 1 is 1.02 bits per heavy atom. The quantitative estimate of drug-likeness (QED) is 0.486. The summed E-state index contributed by atoms with van der Waals surface area (Å²) in [7, 11) is 2.19. The zero-order valence-corrected chi connectivity index (χ0v) is 24.9. The van der Waals surface area contributed by atoms with E-state index in [4.69, 9.17) is 24.5 Å². The minimum Gasteiger partial charge on any atom is -0.462 e. The predicted octanol–water partition coefficient (Wildman–Crippen LogP) is 3.59. The van der Waals surface area contributed by atoms with Crippen molar-refractivity contribution in [1.29, 1.82) is 0 Å². The lowest BCUT2D eigenvalue weighted by atomic mass is 9.99. The fourth-order valence-corrected chi connectivity index (χ4v) is 7.10. The molecule has 4 aliphatic heterocycles. The molecule has 0 bridgehead atoms. The molecule has 10 heteroatoms. The molecular formula is C31H44N8O2. The van der Waals surface area contributed by atoms with E-state index >= 15 is 0 Å². The highest BCUT2D eigenvalue weighted by molar-refractivity contribution is 5.95. The minimum atomic E-state index is 0.0197. The lowest BCUT2D eigenvalue weighted by Gasteiger charge is -2.36. The number of nitrogens with zero attached hydrogens (tertiary/aromatic N) is 7. The van der Waals surface area contributed by atoms with Crippen molar-refractivity contribution in [2.24, 2.45) is 0 Å². The number of fused-ring (bicyclic) bond motifs is 2. The van der Waals surface area contributed by atoms with E-state index in [0.29, 0.717) is 18.7 Å². The van der Waals surface area contributed by atoms with Gasteiger partial charge < -0.3 is 29.5 Å². The van der Waals surface area contributed by atoms with Crippen molar-refractivity contribution < 1.29 is 9.47 Å². The first-order valence-corrected chi connectivity index (χ1v) is 15.6. The van der Waals surface area contributed by atoms with Crippen molar-refractivity contribution in [2.45, 2.75) is 71.2 Å². The molecule has 1 aromatic carbocycles. The molecule has 41 heavy (non-hydrogen) atoms. The average molecular weight is 561 g/mol. The monoisotopic (exact) mass is 560 g/mol. The van der Waals surface area contributed by atoms with Crippen LogP contribution in [0.3, 0.4) is 0 Å². The average Bonchev–Trinajstić information content (AvgIpc) is 3.62. The number of anilines is 2. The van der Waals surface area contributed by atoms with E-state index in [1.807, 2.05) is 6.20 Å². The van der Waals surface area contributed by atoms with E-state index in [0.717, 1.165) is 88.7 Å². The van der Waals surface area contributed by atoms with Crippen LogP contribution in [0, 0.1) is 13.8 Å². The van der Waals surface area contributed by atoms with Gasteiger partial charge in [0.15, 0.2) is 6.23 Å². The molecule has 2 aromatic heterocycles. The fraction of sp³-hybridized carbons (Fsp3) is 0.645. The summed E-state index contributed by atoms with van der Waals surface area (Å²) in [6, 6.07) is 3.24. The molecule has 0 amide bonds. The number of aromatic nitrogens is 4. The van der Waals surface area contributed by atoms with E-state index in [1.165, 1.54) is 47.0 Å². The predicted molar refractivity (Wildman–Crippen MR) is 161 cm³/mol. The number of piperazine rings is 1. The summed E-state index contributed by atoms with van der Waals surface area (Å²) in [6.45, 7) is 12.6. The summed E-state index contributed by atoms with van der Waals surface area (Å²) in [5, 5.41) is 9.54. The van der Waals surface area contributed by atoms with Gasteiger partial charge in [-0.15, -0.1) is 0 Å². The molecule has 0 radical (unpaired) electrons. The molecule has 3 aromatic rings. The van der Waals surface area contributed by atoms with E-state index in [1.54, 1.807) is 0 Å². The molecule has 2 atom stereocenters. The third-order valence-corrected chi connectivity index (χ3v) is 9.65. The minimum absolute atomic E-state index is 0.0197. The van der Waals surface area contributed by atoms with Gasteiger partial charge >= 0.3 is 6.01 Å². The summed E-state index contributed by atoms with van der Waals surface area (Å²) < 4.78 is 14.6. The molecule has 0 saturated carbocycles. The Morgan fingerprint density at radius 2 is 1.90 bits per heavy atom. The Kier molecular flexibility index (Phi) is 7.47. The van der Waals surface area contributed by atoms with Gasteiger partial charge in [0.05, 0.1) is 29.6 Å². The van der Waals surface area contributed by atoms with Crippen molar-refractivity contribution in [2.75, 3.05) is 69.3 Å². The molecule has 1 N–H and O–H groups in total. The molecule has 220 valence electrons. The van der Waals surface area contributed by atoms with Crippen LogP contribution in [0.25, 0.3) is 10.9 Å². The fourth-order valence-electron chi connectivity index (χ4n) is 7.10. The zero-order chi connectivity index (χ0) is 27.9. The maximum absolute atomic E-state index is 6.33. The van der Waals surface area contributed by atoms with Crippen molar-refractivity contribution in [3.05, 3.63) is 34.6 Å².